The number of allylic oxidation sites excluding steroid dienone is 1. The predicted molar refractivity (Wildman–Crippen MR) is 170 cm³/mol. The molecule has 1 aliphatic carbocycles. The topological polar surface area (TPSA) is 51.4 Å². The van der Waals surface area contributed by atoms with Crippen molar-refractivity contribution in [3.8, 4) is 17.0 Å². The molecule has 1 unspecified atom stereocenters. The summed E-state index contributed by atoms with van der Waals surface area (Å²) >= 11 is 14.5. The number of halogens is 3. The highest BCUT2D eigenvalue weighted by Gasteiger charge is 2.25. The van der Waals surface area contributed by atoms with E-state index in [2.05, 4.69) is 52.3 Å². The molecule has 0 radical (unpaired) electrons. The van der Waals surface area contributed by atoms with Crippen LogP contribution in [0, 0.1) is 0 Å². The summed E-state index contributed by atoms with van der Waals surface area (Å²) in [6.07, 6.45) is 4.49. The second-order valence-electron chi connectivity index (χ2n) is 10.7. The summed E-state index contributed by atoms with van der Waals surface area (Å²) in [6.45, 7) is 2.31. The molecule has 3 aromatic carbocycles. The number of benzene rings is 3. The lowest BCUT2D eigenvalue weighted by Gasteiger charge is -2.19. The summed E-state index contributed by atoms with van der Waals surface area (Å²) in [5, 5.41) is 3.86. The zero-order valence-corrected chi connectivity index (χ0v) is 25.0. The fraction of sp³-hybridized carbons (Fsp3) is 0.303. The van der Waals surface area contributed by atoms with Crippen LogP contribution in [0.3, 0.4) is 0 Å². The van der Waals surface area contributed by atoms with Gasteiger partial charge in [-0.05, 0) is 95.8 Å². The van der Waals surface area contributed by atoms with Crippen molar-refractivity contribution in [3.63, 3.8) is 0 Å². The summed E-state index contributed by atoms with van der Waals surface area (Å²) in [4.78, 5) is 6.78. The van der Waals surface area contributed by atoms with E-state index in [-0.39, 0.29) is 12.8 Å². The number of nitrogens with zero attached hydrogens (tertiary/aromatic N) is 2. The smallest absolute Gasteiger partial charge is 0.180 e. The number of anilines is 1. The number of fused-ring (bicyclic) bond motifs is 1. The summed E-state index contributed by atoms with van der Waals surface area (Å²) in [5.41, 5.74) is 14.9. The van der Waals surface area contributed by atoms with E-state index >= 15 is 0 Å². The third-order valence-electron chi connectivity index (χ3n) is 7.91. The van der Waals surface area contributed by atoms with E-state index in [1.54, 1.807) is 0 Å². The maximum Gasteiger partial charge on any atom is 0.180 e. The van der Waals surface area contributed by atoms with Gasteiger partial charge in [0.25, 0.3) is 0 Å². The zero-order valence-electron chi connectivity index (χ0n) is 22.7. The average Bonchev–Trinajstić information content (AvgIpc) is 3.56. The lowest BCUT2D eigenvalue weighted by molar-refractivity contribution is 0.198. The maximum absolute atomic E-state index is 12.6. The van der Waals surface area contributed by atoms with Gasteiger partial charge in [0.15, 0.2) is 5.13 Å². The van der Waals surface area contributed by atoms with Crippen molar-refractivity contribution in [2.45, 2.75) is 38.2 Å². The van der Waals surface area contributed by atoms with Gasteiger partial charge in [0, 0.05) is 40.6 Å². The molecule has 1 saturated heterocycles. The number of nitrogen functional groups attached to an aromatic ring is 1. The third kappa shape index (κ3) is 6.31. The highest BCUT2D eigenvalue weighted by molar-refractivity contribution is 7.13. The van der Waals surface area contributed by atoms with Crippen LogP contribution in [0.5, 0.6) is 5.75 Å². The molecule has 212 valence electrons. The van der Waals surface area contributed by atoms with Crippen LogP contribution >= 0.6 is 34.5 Å². The Hall–Kier alpha value is -2.90. The molecule has 0 bridgehead atoms. The first kappa shape index (κ1) is 28.2. The molecule has 1 aromatic heterocycles. The van der Waals surface area contributed by atoms with Crippen LogP contribution in [0.1, 0.15) is 47.9 Å². The fourth-order valence-electron chi connectivity index (χ4n) is 5.97. The molecule has 2 aliphatic rings. The maximum atomic E-state index is 12.6. The summed E-state index contributed by atoms with van der Waals surface area (Å²) in [5.74, 6) is 0.850. The van der Waals surface area contributed by atoms with E-state index in [1.807, 2.05) is 23.6 Å². The van der Waals surface area contributed by atoms with Crippen molar-refractivity contribution >= 4 is 50.8 Å². The quantitative estimate of drug-likeness (QED) is 0.217. The van der Waals surface area contributed by atoms with Crippen molar-refractivity contribution < 1.29 is 9.13 Å². The minimum Gasteiger partial charge on any atom is -0.489 e. The molecule has 4 nitrogen and oxygen atoms in total. The van der Waals surface area contributed by atoms with Crippen molar-refractivity contribution in [2.24, 2.45) is 0 Å². The minimum absolute atomic E-state index is 0.125. The fourth-order valence-corrected chi connectivity index (χ4v) is 7.07. The Morgan fingerprint density at radius 3 is 2.56 bits per heavy atom. The molecule has 0 amide bonds. The van der Waals surface area contributed by atoms with Gasteiger partial charge < -0.3 is 10.5 Å². The molecular formula is C33H32Cl2FN3OS. The number of hydrogen-bond donors (Lipinski definition) is 1. The monoisotopic (exact) mass is 607 g/mol. The van der Waals surface area contributed by atoms with E-state index in [4.69, 9.17) is 33.7 Å². The second-order valence-corrected chi connectivity index (χ2v) is 12.4. The van der Waals surface area contributed by atoms with Gasteiger partial charge in [-0.3, -0.25) is 9.29 Å². The Morgan fingerprint density at radius 1 is 1.00 bits per heavy atom. The summed E-state index contributed by atoms with van der Waals surface area (Å²) in [7, 11) is 0. The second kappa shape index (κ2) is 12.5. The van der Waals surface area contributed by atoms with E-state index in [0.717, 1.165) is 73.5 Å². The van der Waals surface area contributed by atoms with E-state index in [9.17, 15) is 4.39 Å². The van der Waals surface area contributed by atoms with Gasteiger partial charge in [-0.25, -0.2) is 4.98 Å². The largest absolute Gasteiger partial charge is 0.489 e. The Balaban J connectivity index is 1.37. The number of rotatable bonds is 8. The van der Waals surface area contributed by atoms with Gasteiger partial charge >= 0.3 is 0 Å². The molecule has 2 heterocycles. The van der Waals surface area contributed by atoms with Crippen molar-refractivity contribution in [2.75, 3.05) is 32.0 Å². The molecule has 2 N–H and O–H groups in total. The SMILES string of the molecule is Nc1nc(-c2ccc3c(c2)CCCC(c2ccc(Cl)cc2Cl)=C3c2ccc(OC3CCN(CCCF)C3)cc2)cs1. The zero-order chi connectivity index (χ0) is 28.3. The molecule has 1 atom stereocenters. The molecule has 0 saturated carbocycles. The van der Waals surface area contributed by atoms with Crippen LogP contribution in [0.25, 0.3) is 22.4 Å². The number of ether oxygens (including phenoxy) is 1. The van der Waals surface area contributed by atoms with Gasteiger partial charge in [-0.2, -0.15) is 0 Å². The number of hydrogen-bond acceptors (Lipinski definition) is 5. The highest BCUT2D eigenvalue weighted by Crippen LogP contribution is 2.43. The van der Waals surface area contributed by atoms with Crippen LogP contribution < -0.4 is 10.5 Å². The van der Waals surface area contributed by atoms with Crippen LogP contribution in [0.4, 0.5) is 9.52 Å². The van der Waals surface area contributed by atoms with E-state index in [0.29, 0.717) is 21.6 Å². The molecule has 4 aromatic rings. The first-order chi connectivity index (χ1) is 20.0. The minimum atomic E-state index is -0.271. The van der Waals surface area contributed by atoms with E-state index in [1.165, 1.54) is 33.6 Å². The lowest BCUT2D eigenvalue weighted by Crippen LogP contribution is -2.26. The number of alkyl halides is 1. The van der Waals surface area contributed by atoms with Gasteiger partial charge in [0.2, 0.25) is 0 Å². The molecule has 0 spiro atoms. The molecule has 8 heteroatoms. The van der Waals surface area contributed by atoms with Crippen molar-refractivity contribution in [1.82, 2.24) is 9.88 Å². The normalized spacial score (nSPS) is 17.5. The molecule has 41 heavy (non-hydrogen) atoms. The first-order valence-corrected chi connectivity index (χ1v) is 15.7. The number of nitrogens with two attached hydrogens (primary N) is 1. The molecule has 6 rings (SSSR count). The molecule has 1 fully saturated rings. The first-order valence-electron chi connectivity index (χ1n) is 14.1. The third-order valence-corrected chi connectivity index (χ3v) is 9.13. The van der Waals surface area contributed by atoms with Gasteiger partial charge in [-0.1, -0.05) is 53.5 Å². The van der Waals surface area contributed by atoms with Crippen LogP contribution in [-0.2, 0) is 6.42 Å². The highest BCUT2D eigenvalue weighted by atomic mass is 35.5. The Labute approximate surface area is 254 Å². The van der Waals surface area contributed by atoms with Crippen molar-refractivity contribution in [1.29, 1.82) is 0 Å². The van der Waals surface area contributed by atoms with Crippen LogP contribution in [0.2, 0.25) is 10.0 Å². The summed E-state index contributed by atoms with van der Waals surface area (Å²) in [6, 6.07) is 20.8. The Morgan fingerprint density at radius 2 is 1.80 bits per heavy atom. The standard InChI is InChI=1S/C33H32Cl2FN3OS/c34-24-8-12-28(30(35)18-24)29-4-1-3-22-17-23(31-20-41-33(37)38-31)7-11-27(22)32(29)21-5-9-25(10-6-21)40-26-13-16-39(19-26)15-2-14-36/h5-12,17-18,20,26H,1-4,13-16,19H2,(H2,37,38). The number of likely N-dealkylation sites (tertiary alicyclic amines) is 1. The number of thiazole rings is 1. The molecule has 1 aliphatic heterocycles. The predicted octanol–water partition coefficient (Wildman–Crippen LogP) is 8.81. The average molecular weight is 609 g/mol. The van der Waals surface area contributed by atoms with Crippen LogP contribution in [0.15, 0.2) is 66.0 Å². The van der Waals surface area contributed by atoms with Gasteiger partial charge in [0.05, 0.1) is 12.4 Å². The Bertz CT molecular complexity index is 1570. The van der Waals surface area contributed by atoms with E-state index < -0.39 is 0 Å². The Kier molecular flexibility index (Phi) is 8.63. The molecular weight excluding hydrogens is 576 g/mol. The number of aromatic nitrogens is 1. The van der Waals surface area contributed by atoms with Gasteiger partial charge in [-0.15, -0.1) is 11.3 Å². The van der Waals surface area contributed by atoms with Crippen molar-refractivity contribution in [3.05, 3.63) is 98.3 Å². The number of aryl methyl sites for hydroxylation is 1. The summed E-state index contributed by atoms with van der Waals surface area (Å²) < 4.78 is 18.9. The lowest BCUT2D eigenvalue weighted by atomic mass is 9.87. The van der Waals surface area contributed by atoms with Crippen LogP contribution in [-0.4, -0.2) is 42.3 Å². The van der Waals surface area contributed by atoms with Gasteiger partial charge in [0.1, 0.15) is 11.9 Å².